The van der Waals surface area contributed by atoms with Gasteiger partial charge in [-0.25, -0.2) is 0 Å². The van der Waals surface area contributed by atoms with Crippen molar-refractivity contribution in [2.75, 3.05) is 0 Å². The number of para-hydroxylation sites is 1. The van der Waals surface area contributed by atoms with Crippen molar-refractivity contribution in [2.45, 2.75) is 13.5 Å². The normalized spacial score (nSPS) is 9.78. The molecule has 1 aromatic carbocycles. The summed E-state index contributed by atoms with van der Waals surface area (Å²) >= 11 is 0. The fourth-order valence-corrected chi connectivity index (χ4v) is 1.67. The van der Waals surface area contributed by atoms with Crippen LogP contribution in [0, 0.1) is 18.3 Å². The highest BCUT2D eigenvalue weighted by Crippen LogP contribution is 2.12. The minimum atomic E-state index is -0.371. The Labute approximate surface area is 104 Å². The molecule has 18 heavy (non-hydrogen) atoms. The molecule has 4 heteroatoms. The topological polar surface area (TPSA) is 65.9 Å². The lowest BCUT2D eigenvalue weighted by atomic mass is 10.1. The third-order valence-electron chi connectivity index (χ3n) is 2.50. The highest BCUT2D eigenvalue weighted by molar-refractivity contribution is 5.36. The number of aromatic nitrogens is 1. The molecule has 0 aliphatic carbocycles. The van der Waals surface area contributed by atoms with Crippen LogP contribution in [0.5, 0.6) is 5.75 Å². The average molecular weight is 240 g/mol. The Morgan fingerprint density at radius 1 is 1.33 bits per heavy atom. The zero-order chi connectivity index (χ0) is 13.0. The lowest BCUT2D eigenvalue weighted by molar-refractivity contribution is 0.305. The predicted octanol–water partition coefficient (Wildman–Crippen LogP) is 2.13. The Morgan fingerprint density at radius 2 is 2.06 bits per heavy atom. The molecule has 0 saturated carbocycles. The second-order valence-electron chi connectivity index (χ2n) is 3.90. The van der Waals surface area contributed by atoms with Gasteiger partial charge in [-0.05, 0) is 25.1 Å². The monoisotopic (exact) mass is 240 g/mol. The lowest BCUT2D eigenvalue weighted by Gasteiger charge is -2.07. The van der Waals surface area contributed by atoms with Crippen LogP contribution in [0.2, 0.25) is 0 Å². The van der Waals surface area contributed by atoms with Gasteiger partial charge in [0.2, 0.25) is 0 Å². The molecule has 4 nitrogen and oxygen atoms in total. The van der Waals surface area contributed by atoms with Crippen LogP contribution in [0.25, 0.3) is 0 Å². The van der Waals surface area contributed by atoms with Crippen LogP contribution in [0.1, 0.15) is 16.8 Å². The smallest absolute Gasteiger partial charge is 0.266 e. The van der Waals surface area contributed by atoms with Crippen molar-refractivity contribution in [3.05, 3.63) is 63.6 Å². The van der Waals surface area contributed by atoms with E-state index in [9.17, 15) is 4.79 Å². The van der Waals surface area contributed by atoms with E-state index in [0.717, 1.165) is 0 Å². The van der Waals surface area contributed by atoms with Crippen molar-refractivity contribution in [3.63, 3.8) is 0 Å². The molecule has 2 aromatic rings. The highest BCUT2D eigenvalue weighted by Gasteiger charge is 2.08. The first-order chi connectivity index (χ1) is 8.70. The summed E-state index contributed by atoms with van der Waals surface area (Å²) in [4.78, 5) is 14.2. The van der Waals surface area contributed by atoms with Gasteiger partial charge in [0.1, 0.15) is 24.0 Å². The van der Waals surface area contributed by atoms with Crippen molar-refractivity contribution >= 4 is 0 Å². The van der Waals surface area contributed by atoms with Crippen LogP contribution in [0.3, 0.4) is 0 Å². The molecule has 0 bridgehead atoms. The van der Waals surface area contributed by atoms with Gasteiger partial charge < -0.3 is 9.72 Å². The summed E-state index contributed by atoms with van der Waals surface area (Å²) in [5, 5.41) is 8.96. The van der Waals surface area contributed by atoms with Crippen molar-refractivity contribution in [3.8, 4) is 11.8 Å². The first kappa shape index (κ1) is 11.9. The number of aromatic amines is 1. The molecular formula is C14H12N2O2. The summed E-state index contributed by atoms with van der Waals surface area (Å²) in [6.07, 6.45) is 0. The quantitative estimate of drug-likeness (QED) is 0.893. The summed E-state index contributed by atoms with van der Waals surface area (Å²) in [6.45, 7) is 1.98. The third kappa shape index (κ3) is 2.58. The molecule has 1 N–H and O–H groups in total. The molecule has 0 aliphatic heterocycles. The average Bonchev–Trinajstić information content (AvgIpc) is 2.37. The van der Waals surface area contributed by atoms with Gasteiger partial charge in [0, 0.05) is 11.3 Å². The summed E-state index contributed by atoms with van der Waals surface area (Å²) < 4.78 is 5.54. The van der Waals surface area contributed by atoms with Crippen LogP contribution >= 0.6 is 0 Å². The maximum absolute atomic E-state index is 11.6. The van der Waals surface area contributed by atoms with E-state index >= 15 is 0 Å². The molecule has 90 valence electrons. The van der Waals surface area contributed by atoms with E-state index in [4.69, 9.17) is 10.00 Å². The number of hydrogen-bond acceptors (Lipinski definition) is 3. The highest BCUT2D eigenvalue weighted by atomic mass is 16.5. The maximum Gasteiger partial charge on any atom is 0.266 e. The summed E-state index contributed by atoms with van der Waals surface area (Å²) in [5.41, 5.74) is 1.05. The van der Waals surface area contributed by atoms with E-state index in [-0.39, 0.29) is 17.7 Å². The third-order valence-corrected chi connectivity index (χ3v) is 2.50. The van der Waals surface area contributed by atoms with E-state index in [1.54, 1.807) is 13.0 Å². The number of nitrogens with zero attached hydrogens (tertiary/aromatic N) is 1. The van der Waals surface area contributed by atoms with Gasteiger partial charge in [-0.15, -0.1) is 0 Å². The maximum atomic E-state index is 11.6. The number of ether oxygens (including phenoxy) is 1. The van der Waals surface area contributed by atoms with Crippen LogP contribution in [-0.2, 0) is 6.61 Å². The van der Waals surface area contributed by atoms with Crippen LogP contribution in [-0.4, -0.2) is 4.98 Å². The number of pyridine rings is 1. The molecular weight excluding hydrogens is 228 g/mol. The standard InChI is InChI=1S/C14H12N2O2/c1-10-7-11(13(8-15)14(17)16-10)9-18-12-5-3-2-4-6-12/h2-7H,9H2,1H3,(H,16,17). The summed E-state index contributed by atoms with van der Waals surface area (Å²) in [7, 11) is 0. The zero-order valence-electron chi connectivity index (χ0n) is 9.93. The zero-order valence-corrected chi connectivity index (χ0v) is 9.93. The molecule has 1 heterocycles. The molecule has 2 rings (SSSR count). The molecule has 0 radical (unpaired) electrons. The number of aryl methyl sites for hydroxylation is 1. The van der Waals surface area contributed by atoms with Crippen LogP contribution in [0.4, 0.5) is 0 Å². The van der Waals surface area contributed by atoms with Crippen LogP contribution in [0.15, 0.2) is 41.2 Å². The molecule has 0 unspecified atom stereocenters. The van der Waals surface area contributed by atoms with E-state index in [1.165, 1.54) is 0 Å². The summed E-state index contributed by atoms with van der Waals surface area (Å²) in [5.74, 6) is 0.708. The molecule has 0 atom stereocenters. The van der Waals surface area contributed by atoms with Gasteiger partial charge in [0.25, 0.3) is 5.56 Å². The number of nitriles is 1. The van der Waals surface area contributed by atoms with Gasteiger partial charge in [-0.1, -0.05) is 18.2 Å². The SMILES string of the molecule is Cc1cc(COc2ccccc2)c(C#N)c(=O)[nH]1. The minimum Gasteiger partial charge on any atom is -0.489 e. The second-order valence-corrected chi connectivity index (χ2v) is 3.90. The van der Waals surface area contributed by atoms with E-state index in [0.29, 0.717) is 17.0 Å². The first-order valence-electron chi connectivity index (χ1n) is 5.51. The van der Waals surface area contributed by atoms with E-state index < -0.39 is 0 Å². The number of rotatable bonds is 3. The Morgan fingerprint density at radius 3 is 2.72 bits per heavy atom. The number of H-pyrrole nitrogens is 1. The fraction of sp³-hybridized carbons (Fsp3) is 0.143. The number of benzene rings is 1. The molecule has 1 aromatic heterocycles. The number of hydrogen-bond donors (Lipinski definition) is 1. The fourth-order valence-electron chi connectivity index (χ4n) is 1.67. The molecule has 0 fully saturated rings. The second kappa shape index (κ2) is 5.19. The summed E-state index contributed by atoms with van der Waals surface area (Å²) in [6, 6.07) is 12.9. The van der Waals surface area contributed by atoms with Crippen molar-refractivity contribution in [1.29, 1.82) is 5.26 Å². The van der Waals surface area contributed by atoms with Gasteiger partial charge in [0.15, 0.2) is 0 Å². The molecule has 0 aliphatic rings. The van der Waals surface area contributed by atoms with Crippen molar-refractivity contribution < 1.29 is 4.74 Å². The van der Waals surface area contributed by atoms with Crippen molar-refractivity contribution in [1.82, 2.24) is 4.98 Å². The molecule has 0 spiro atoms. The van der Waals surface area contributed by atoms with E-state index in [1.807, 2.05) is 36.4 Å². The van der Waals surface area contributed by atoms with E-state index in [2.05, 4.69) is 4.98 Å². The Balaban J connectivity index is 2.25. The first-order valence-corrected chi connectivity index (χ1v) is 5.51. The Bertz CT molecular complexity index is 639. The van der Waals surface area contributed by atoms with Gasteiger partial charge in [-0.2, -0.15) is 5.26 Å². The van der Waals surface area contributed by atoms with Gasteiger partial charge in [-0.3, -0.25) is 4.79 Å². The predicted molar refractivity (Wildman–Crippen MR) is 67.3 cm³/mol. The Kier molecular flexibility index (Phi) is 3.44. The minimum absolute atomic E-state index is 0.108. The molecule has 0 amide bonds. The van der Waals surface area contributed by atoms with Crippen molar-refractivity contribution in [2.24, 2.45) is 0 Å². The Hall–Kier alpha value is -2.54. The lowest BCUT2D eigenvalue weighted by Crippen LogP contribution is -2.15. The molecule has 0 saturated heterocycles. The number of nitrogens with one attached hydrogen (secondary N) is 1. The van der Waals surface area contributed by atoms with Gasteiger partial charge in [0.05, 0.1) is 0 Å². The van der Waals surface area contributed by atoms with Crippen LogP contribution < -0.4 is 10.3 Å². The van der Waals surface area contributed by atoms with Gasteiger partial charge >= 0.3 is 0 Å². The largest absolute Gasteiger partial charge is 0.489 e.